The highest BCUT2D eigenvalue weighted by molar-refractivity contribution is 5.91. The highest BCUT2D eigenvalue weighted by Crippen LogP contribution is 2.28. The number of hydrogen-bond donors (Lipinski definition) is 2. The van der Waals surface area contributed by atoms with Crippen molar-refractivity contribution in [1.82, 2.24) is 9.78 Å². The molecule has 1 aromatic rings. The second-order valence-electron chi connectivity index (χ2n) is 5.23. The van der Waals surface area contributed by atoms with Gasteiger partial charge in [-0.25, -0.2) is 0 Å². The largest absolute Gasteiger partial charge is 0.325 e. The summed E-state index contributed by atoms with van der Waals surface area (Å²) in [6.07, 6.45) is 9.33. The van der Waals surface area contributed by atoms with E-state index in [2.05, 4.69) is 10.4 Å². The molecule has 5 nitrogen and oxygen atoms in total. The van der Waals surface area contributed by atoms with Gasteiger partial charge in [0, 0.05) is 24.7 Å². The summed E-state index contributed by atoms with van der Waals surface area (Å²) in [4.78, 5) is 12.0. The van der Waals surface area contributed by atoms with Crippen LogP contribution in [-0.4, -0.2) is 21.2 Å². The number of amides is 1. The van der Waals surface area contributed by atoms with E-state index in [-0.39, 0.29) is 11.4 Å². The maximum atomic E-state index is 12.0. The minimum absolute atomic E-state index is 0.00458. The van der Waals surface area contributed by atoms with E-state index in [1.54, 1.807) is 10.9 Å². The van der Waals surface area contributed by atoms with Crippen molar-refractivity contribution in [3.05, 3.63) is 12.4 Å². The van der Waals surface area contributed by atoms with Crippen LogP contribution in [-0.2, 0) is 11.3 Å². The third kappa shape index (κ3) is 3.32. The van der Waals surface area contributed by atoms with Crippen molar-refractivity contribution < 1.29 is 4.79 Å². The first-order valence-corrected chi connectivity index (χ1v) is 6.72. The topological polar surface area (TPSA) is 72.9 Å². The van der Waals surface area contributed by atoms with E-state index < -0.39 is 0 Å². The van der Waals surface area contributed by atoms with Crippen LogP contribution < -0.4 is 11.1 Å². The zero-order chi connectivity index (χ0) is 13.0. The maximum Gasteiger partial charge on any atom is 0.226 e. The van der Waals surface area contributed by atoms with Crippen molar-refractivity contribution in [2.24, 2.45) is 5.73 Å². The monoisotopic (exact) mass is 250 g/mol. The molecule has 0 aromatic carbocycles. The molecule has 0 spiro atoms. The Kier molecular flexibility index (Phi) is 4.01. The molecule has 0 aliphatic heterocycles. The lowest BCUT2D eigenvalue weighted by atomic mass is 9.80. The van der Waals surface area contributed by atoms with E-state index in [0.717, 1.165) is 37.9 Å². The molecule has 2 rings (SSSR count). The summed E-state index contributed by atoms with van der Waals surface area (Å²) in [5.41, 5.74) is 6.71. The van der Waals surface area contributed by atoms with Gasteiger partial charge in [0.25, 0.3) is 0 Å². The second kappa shape index (κ2) is 5.52. The Morgan fingerprint density at radius 3 is 2.83 bits per heavy atom. The van der Waals surface area contributed by atoms with Gasteiger partial charge >= 0.3 is 0 Å². The zero-order valence-corrected chi connectivity index (χ0v) is 11.0. The lowest BCUT2D eigenvalue weighted by molar-refractivity contribution is -0.117. The highest BCUT2D eigenvalue weighted by atomic mass is 16.1. The fraction of sp³-hybridized carbons (Fsp3) is 0.692. The summed E-state index contributed by atoms with van der Waals surface area (Å²) in [5, 5.41) is 6.99. The summed E-state index contributed by atoms with van der Waals surface area (Å²) in [6.45, 7) is 2.81. The predicted molar refractivity (Wildman–Crippen MR) is 71.2 cm³/mol. The van der Waals surface area contributed by atoms with Gasteiger partial charge in [0.15, 0.2) is 0 Å². The first kappa shape index (κ1) is 13.1. The van der Waals surface area contributed by atoms with E-state index >= 15 is 0 Å². The van der Waals surface area contributed by atoms with Gasteiger partial charge in [0.2, 0.25) is 5.91 Å². The Morgan fingerprint density at radius 1 is 1.50 bits per heavy atom. The Bertz CT molecular complexity index is 407. The number of aryl methyl sites for hydroxylation is 1. The number of anilines is 1. The minimum Gasteiger partial charge on any atom is -0.325 e. The van der Waals surface area contributed by atoms with Gasteiger partial charge in [-0.2, -0.15) is 5.10 Å². The molecule has 1 amide bonds. The summed E-state index contributed by atoms with van der Waals surface area (Å²) >= 11 is 0. The molecule has 1 fully saturated rings. The molecule has 1 aliphatic carbocycles. The van der Waals surface area contributed by atoms with Gasteiger partial charge in [-0.15, -0.1) is 0 Å². The second-order valence-corrected chi connectivity index (χ2v) is 5.23. The van der Waals surface area contributed by atoms with Gasteiger partial charge < -0.3 is 11.1 Å². The molecule has 3 N–H and O–H groups in total. The van der Waals surface area contributed by atoms with E-state index in [0.29, 0.717) is 6.42 Å². The molecule has 1 heterocycles. The van der Waals surface area contributed by atoms with E-state index in [1.807, 2.05) is 13.1 Å². The SMILES string of the molecule is CCn1cc(NC(=O)CC2(N)CCCCC2)cn1. The Hall–Kier alpha value is -1.36. The van der Waals surface area contributed by atoms with Crippen molar-refractivity contribution >= 4 is 11.6 Å². The third-order valence-electron chi connectivity index (χ3n) is 3.60. The number of carbonyl (C=O) groups excluding carboxylic acids is 1. The van der Waals surface area contributed by atoms with E-state index in [4.69, 9.17) is 5.73 Å². The molecule has 1 aliphatic rings. The molecule has 18 heavy (non-hydrogen) atoms. The smallest absolute Gasteiger partial charge is 0.226 e. The molecule has 100 valence electrons. The third-order valence-corrected chi connectivity index (χ3v) is 3.60. The van der Waals surface area contributed by atoms with Crippen LogP contribution in [0.25, 0.3) is 0 Å². The molecule has 0 unspecified atom stereocenters. The molecule has 1 aromatic heterocycles. The Labute approximate surface area is 108 Å². The van der Waals surface area contributed by atoms with Crippen molar-refractivity contribution in [3.8, 4) is 0 Å². The number of nitrogens with one attached hydrogen (secondary N) is 1. The molecule has 0 bridgehead atoms. The van der Waals surface area contributed by atoms with Gasteiger partial charge in [-0.3, -0.25) is 9.48 Å². The van der Waals surface area contributed by atoms with Gasteiger partial charge in [-0.1, -0.05) is 19.3 Å². The van der Waals surface area contributed by atoms with Crippen LogP contribution in [0.2, 0.25) is 0 Å². The fourth-order valence-corrected chi connectivity index (χ4v) is 2.56. The average molecular weight is 250 g/mol. The Balaban J connectivity index is 1.87. The lowest BCUT2D eigenvalue weighted by Crippen LogP contribution is -2.44. The normalized spacial score (nSPS) is 18.6. The molecule has 0 saturated heterocycles. The van der Waals surface area contributed by atoms with Crippen LogP contribution in [0, 0.1) is 0 Å². The van der Waals surface area contributed by atoms with Crippen molar-refractivity contribution in [2.45, 2.75) is 57.5 Å². The standard InChI is InChI=1S/C13H22N4O/c1-2-17-10-11(9-15-17)16-12(18)8-13(14)6-4-3-5-7-13/h9-10H,2-8,14H2,1H3,(H,16,18). The van der Waals surface area contributed by atoms with Crippen LogP contribution in [0.15, 0.2) is 12.4 Å². The summed E-state index contributed by atoms with van der Waals surface area (Å²) < 4.78 is 1.79. The van der Waals surface area contributed by atoms with E-state index in [9.17, 15) is 4.79 Å². The van der Waals surface area contributed by atoms with Crippen molar-refractivity contribution in [1.29, 1.82) is 0 Å². The lowest BCUT2D eigenvalue weighted by Gasteiger charge is -2.32. The highest BCUT2D eigenvalue weighted by Gasteiger charge is 2.29. The maximum absolute atomic E-state index is 12.0. The van der Waals surface area contributed by atoms with Crippen LogP contribution in [0.4, 0.5) is 5.69 Å². The van der Waals surface area contributed by atoms with Crippen molar-refractivity contribution in [3.63, 3.8) is 0 Å². The first-order chi connectivity index (χ1) is 8.61. The molecular formula is C13H22N4O. The van der Waals surface area contributed by atoms with E-state index in [1.165, 1.54) is 6.42 Å². The van der Waals surface area contributed by atoms with Crippen molar-refractivity contribution in [2.75, 3.05) is 5.32 Å². The molecule has 0 atom stereocenters. The van der Waals surface area contributed by atoms with Gasteiger partial charge in [0.05, 0.1) is 11.9 Å². The quantitative estimate of drug-likeness (QED) is 0.857. The molecule has 0 radical (unpaired) electrons. The average Bonchev–Trinajstić information content (AvgIpc) is 2.76. The predicted octanol–water partition coefficient (Wildman–Crippen LogP) is 1.89. The van der Waals surface area contributed by atoms with Gasteiger partial charge in [-0.05, 0) is 19.8 Å². The van der Waals surface area contributed by atoms with Gasteiger partial charge in [0.1, 0.15) is 0 Å². The summed E-state index contributed by atoms with van der Waals surface area (Å²) in [5.74, 6) is -0.00458. The number of nitrogens with two attached hydrogens (primary N) is 1. The molecule has 1 saturated carbocycles. The first-order valence-electron chi connectivity index (χ1n) is 6.72. The fourth-order valence-electron chi connectivity index (χ4n) is 2.56. The number of aromatic nitrogens is 2. The van der Waals surface area contributed by atoms with Crippen LogP contribution in [0.1, 0.15) is 45.4 Å². The molecule has 5 heteroatoms. The summed E-state index contributed by atoms with van der Waals surface area (Å²) in [7, 11) is 0. The molecular weight excluding hydrogens is 228 g/mol. The number of rotatable bonds is 4. The Morgan fingerprint density at radius 2 is 2.22 bits per heavy atom. The summed E-state index contributed by atoms with van der Waals surface area (Å²) in [6, 6.07) is 0. The number of nitrogens with zero attached hydrogens (tertiary/aromatic N) is 2. The van der Waals surface area contributed by atoms with Crippen LogP contribution in [0.3, 0.4) is 0 Å². The van der Waals surface area contributed by atoms with Crippen LogP contribution in [0.5, 0.6) is 0 Å². The minimum atomic E-state index is -0.302. The van der Waals surface area contributed by atoms with Crippen LogP contribution >= 0.6 is 0 Å². The number of hydrogen-bond acceptors (Lipinski definition) is 3. The zero-order valence-electron chi connectivity index (χ0n) is 11.0. The number of carbonyl (C=O) groups is 1.